The second kappa shape index (κ2) is 5.03. The molecule has 0 heterocycles. The predicted molar refractivity (Wildman–Crippen MR) is 54.3 cm³/mol. The first-order valence-electron chi connectivity index (χ1n) is 4.18. The number of anilines is 1. The molecule has 0 aliphatic rings. The van der Waals surface area contributed by atoms with Crippen LogP contribution in [0.3, 0.4) is 0 Å². The standard InChI is InChI=1S/C8H11N3O5/c1-14-7-5-3-4-6(8(7)15-2)10(9)16-11(12)13/h3-5H,9H2,1-2H3. The molecule has 0 fully saturated rings. The molecule has 0 amide bonds. The van der Waals surface area contributed by atoms with Crippen LogP contribution < -0.4 is 20.5 Å². The minimum absolute atomic E-state index is 0.179. The summed E-state index contributed by atoms with van der Waals surface area (Å²) < 4.78 is 10.0. The molecule has 2 N–H and O–H groups in total. The average molecular weight is 229 g/mol. The fraction of sp³-hybridized carbons (Fsp3) is 0.250. The maximum absolute atomic E-state index is 10.1. The summed E-state index contributed by atoms with van der Waals surface area (Å²) in [5, 5.41) is 9.59. The van der Waals surface area contributed by atoms with Crippen LogP contribution in [0.15, 0.2) is 18.2 Å². The van der Waals surface area contributed by atoms with Gasteiger partial charge in [-0.3, -0.25) is 0 Å². The van der Waals surface area contributed by atoms with E-state index in [0.29, 0.717) is 10.9 Å². The number of ether oxygens (including phenoxy) is 2. The summed E-state index contributed by atoms with van der Waals surface area (Å²) in [7, 11) is 2.83. The van der Waals surface area contributed by atoms with E-state index in [0.717, 1.165) is 0 Å². The molecule has 0 atom stereocenters. The Hall–Kier alpha value is -2.22. The average Bonchev–Trinajstić information content (AvgIpc) is 2.26. The molecule has 0 aliphatic carbocycles. The van der Waals surface area contributed by atoms with Gasteiger partial charge in [0, 0.05) is 0 Å². The van der Waals surface area contributed by atoms with E-state index in [1.165, 1.54) is 20.3 Å². The maximum atomic E-state index is 10.1. The van der Waals surface area contributed by atoms with Crippen LogP contribution in [0.2, 0.25) is 0 Å². The molecule has 0 spiro atoms. The van der Waals surface area contributed by atoms with Gasteiger partial charge in [0.1, 0.15) is 5.69 Å². The lowest BCUT2D eigenvalue weighted by molar-refractivity contribution is -0.762. The van der Waals surface area contributed by atoms with Gasteiger partial charge in [-0.25, -0.2) is 5.84 Å². The minimum atomic E-state index is -1.03. The Balaban J connectivity index is 3.07. The van der Waals surface area contributed by atoms with E-state index in [1.54, 1.807) is 12.1 Å². The van der Waals surface area contributed by atoms with Gasteiger partial charge in [0.05, 0.1) is 14.2 Å². The first kappa shape index (κ1) is 11.9. The lowest BCUT2D eigenvalue weighted by Crippen LogP contribution is -2.33. The molecule has 0 bridgehead atoms. The molecule has 1 aromatic carbocycles. The molecule has 0 radical (unpaired) electrons. The highest BCUT2D eigenvalue weighted by molar-refractivity contribution is 5.62. The zero-order valence-corrected chi connectivity index (χ0v) is 8.75. The molecule has 88 valence electrons. The van der Waals surface area contributed by atoms with Gasteiger partial charge in [-0.15, -0.1) is 15.3 Å². The van der Waals surface area contributed by atoms with E-state index in [-0.39, 0.29) is 11.4 Å². The predicted octanol–water partition coefficient (Wildman–Crippen LogP) is 0.507. The number of hydrogen-bond acceptors (Lipinski definition) is 7. The Bertz CT molecular complexity index is 384. The lowest BCUT2D eigenvalue weighted by atomic mass is 10.2. The van der Waals surface area contributed by atoms with Crippen molar-refractivity contribution >= 4 is 5.69 Å². The van der Waals surface area contributed by atoms with Crippen LogP contribution in [0.4, 0.5) is 5.69 Å². The van der Waals surface area contributed by atoms with Crippen LogP contribution in [0.25, 0.3) is 0 Å². The summed E-state index contributed by atoms with van der Waals surface area (Å²) in [5.74, 6) is 5.97. The first-order valence-corrected chi connectivity index (χ1v) is 4.18. The Morgan fingerprint density at radius 3 is 2.56 bits per heavy atom. The van der Waals surface area contributed by atoms with Crippen molar-refractivity contribution in [3.05, 3.63) is 28.3 Å². The number of para-hydroxylation sites is 1. The van der Waals surface area contributed by atoms with Crippen molar-refractivity contribution in [1.29, 1.82) is 0 Å². The van der Waals surface area contributed by atoms with E-state index in [1.807, 2.05) is 0 Å². The monoisotopic (exact) mass is 229 g/mol. The quantitative estimate of drug-likeness (QED) is 0.446. The van der Waals surface area contributed by atoms with Gasteiger partial charge in [0.2, 0.25) is 0 Å². The molecule has 8 nitrogen and oxygen atoms in total. The van der Waals surface area contributed by atoms with Crippen LogP contribution >= 0.6 is 0 Å². The summed E-state index contributed by atoms with van der Waals surface area (Å²) in [5.41, 5.74) is 0.179. The number of methoxy groups -OCH3 is 2. The highest BCUT2D eigenvalue weighted by Crippen LogP contribution is 2.36. The van der Waals surface area contributed by atoms with Gasteiger partial charge in [0.25, 0.3) is 0 Å². The summed E-state index contributed by atoms with van der Waals surface area (Å²) in [4.78, 5) is 14.2. The molecule has 0 saturated carbocycles. The topological polar surface area (TPSA) is 100 Å². The van der Waals surface area contributed by atoms with Gasteiger partial charge in [-0.05, 0) is 12.1 Å². The van der Waals surface area contributed by atoms with E-state index < -0.39 is 5.09 Å². The van der Waals surface area contributed by atoms with Crippen molar-refractivity contribution in [2.24, 2.45) is 5.84 Å². The van der Waals surface area contributed by atoms with E-state index in [9.17, 15) is 10.1 Å². The van der Waals surface area contributed by atoms with Crippen LogP contribution in [0, 0.1) is 10.1 Å². The van der Waals surface area contributed by atoms with E-state index in [2.05, 4.69) is 4.94 Å². The molecule has 0 aliphatic heterocycles. The van der Waals surface area contributed by atoms with Crippen molar-refractivity contribution in [2.75, 3.05) is 19.4 Å². The molecule has 1 aromatic rings. The number of hydrogen-bond donors (Lipinski definition) is 1. The van der Waals surface area contributed by atoms with Crippen molar-refractivity contribution in [3.63, 3.8) is 0 Å². The van der Waals surface area contributed by atoms with Crippen LogP contribution in [-0.4, -0.2) is 19.3 Å². The second-order valence-corrected chi connectivity index (χ2v) is 2.64. The summed E-state index contributed by atoms with van der Waals surface area (Å²) >= 11 is 0. The van der Waals surface area contributed by atoms with Gasteiger partial charge in [-0.2, -0.15) is 4.94 Å². The van der Waals surface area contributed by atoms with Gasteiger partial charge in [-0.1, -0.05) is 6.07 Å². The third-order valence-electron chi connectivity index (χ3n) is 1.77. The molecule has 0 unspecified atom stereocenters. The van der Waals surface area contributed by atoms with Crippen LogP contribution in [-0.2, 0) is 4.94 Å². The minimum Gasteiger partial charge on any atom is -0.493 e. The summed E-state index contributed by atoms with van der Waals surface area (Å²) in [6.45, 7) is 0. The number of nitrogens with two attached hydrogens (primary N) is 1. The van der Waals surface area contributed by atoms with E-state index in [4.69, 9.17) is 15.3 Å². The molecule has 16 heavy (non-hydrogen) atoms. The zero-order chi connectivity index (χ0) is 12.1. The Labute approximate surface area is 91.1 Å². The largest absolute Gasteiger partial charge is 0.493 e. The van der Waals surface area contributed by atoms with Crippen molar-refractivity contribution in [2.45, 2.75) is 0 Å². The third kappa shape index (κ3) is 2.42. The number of benzene rings is 1. The molecular formula is C8H11N3O5. The third-order valence-corrected chi connectivity index (χ3v) is 1.77. The number of hydrazine groups is 1. The highest BCUT2D eigenvalue weighted by atomic mass is 17.0. The van der Waals surface area contributed by atoms with E-state index >= 15 is 0 Å². The van der Waals surface area contributed by atoms with Gasteiger partial charge < -0.3 is 9.47 Å². The van der Waals surface area contributed by atoms with Gasteiger partial charge in [0.15, 0.2) is 11.5 Å². The van der Waals surface area contributed by atoms with Crippen molar-refractivity contribution < 1.29 is 19.5 Å². The normalized spacial score (nSPS) is 9.44. The molecule has 1 rings (SSSR count). The van der Waals surface area contributed by atoms with Gasteiger partial charge >= 0.3 is 5.09 Å². The smallest absolute Gasteiger partial charge is 0.318 e. The van der Waals surface area contributed by atoms with Crippen molar-refractivity contribution in [3.8, 4) is 11.5 Å². The fourth-order valence-corrected chi connectivity index (χ4v) is 1.16. The summed E-state index contributed by atoms with van der Waals surface area (Å²) in [6, 6.07) is 4.72. The number of nitrogens with zero attached hydrogens (tertiary/aromatic N) is 2. The van der Waals surface area contributed by atoms with Crippen LogP contribution in [0.1, 0.15) is 0 Å². The fourth-order valence-electron chi connectivity index (χ4n) is 1.16. The Morgan fingerprint density at radius 2 is 2.06 bits per heavy atom. The molecule has 0 aromatic heterocycles. The van der Waals surface area contributed by atoms with Crippen molar-refractivity contribution in [1.82, 2.24) is 0 Å². The molecule has 8 heteroatoms. The zero-order valence-electron chi connectivity index (χ0n) is 8.75. The SMILES string of the molecule is COc1cccc(N(N)O[N+](=O)[O-])c1OC. The Kier molecular flexibility index (Phi) is 3.72. The molecular weight excluding hydrogens is 218 g/mol. The summed E-state index contributed by atoms with van der Waals surface area (Å²) in [6.07, 6.45) is 0. The Morgan fingerprint density at radius 1 is 1.38 bits per heavy atom. The highest BCUT2D eigenvalue weighted by Gasteiger charge is 2.16. The second-order valence-electron chi connectivity index (χ2n) is 2.64. The maximum Gasteiger partial charge on any atom is 0.318 e. The van der Waals surface area contributed by atoms with Crippen LogP contribution in [0.5, 0.6) is 11.5 Å². The first-order chi connectivity index (χ1) is 7.60. The molecule has 0 saturated heterocycles. The lowest BCUT2D eigenvalue weighted by Gasteiger charge is -2.18. The number of rotatable bonds is 5.